The summed E-state index contributed by atoms with van der Waals surface area (Å²) in [5.74, 6) is 2.79. The van der Waals surface area contributed by atoms with Crippen LogP contribution in [0.2, 0.25) is 0 Å². The maximum atomic E-state index is 12.8. The third kappa shape index (κ3) is 5.26. The van der Waals surface area contributed by atoms with Crippen molar-refractivity contribution in [2.45, 2.75) is 25.8 Å². The van der Waals surface area contributed by atoms with Gasteiger partial charge in [0, 0.05) is 51.4 Å². The molecule has 4 saturated heterocycles. The van der Waals surface area contributed by atoms with Crippen molar-refractivity contribution in [1.82, 2.24) is 30.1 Å². The smallest absolute Gasteiger partial charge is 0.263 e. The van der Waals surface area contributed by atoms with Crippen LogP contribution in [0, 0.1) is 12.8 Å². The van der Waals surface area contributed by atoms with Crippen LogP contribution < -0.4 is 15.5 Å². The third-order valence-corrected chi connectivity index (χ3v) is 7.79. The molecule has 1 atom stereocenters. The summed E-state index contributed by atoms with van der Waals surface area (Å²) < 4.78 is 0. The van der Waals surface area contributed by atoms with Crippen molar-refractivity contribution >= 4 is 34.0 Å². The highest BCUT2D eigenvalue weighted by molar-refractivity contribution is 7.17. The topological polar surface area (TPSA) is 110 Å². The largest absolute Gasteiger partial charge is 0.395 e. The molecule has 6 heterocycles. The van der Waals surface area contributed by atoms with E-state index >= 15 is 0 Å². The van der Waals surface area contributed by atoms with Crippen molar-refractivity contribution < 1.29 is 9.90 Å². The first kappa shape index (κ1) is 22.5. The van der Waals surface area contributed by atoms with Crippen LogP contribution in [-0.4, -0.2) is 101 Å². The summed E-state index contributed by atoms with van der Waals surface area (Å²) in [5.41, 5.74) is 0. The number of carbonyl (C=O) groups excluding carboxylic acids is 1. The summed E-state index contributed by atoms with van der Waals surface area (Å²) in [7, 11) is 0. The predicted molar refractivity (Wildman–Crippen MR) is 128 cm³/mol. The maximum Gasteiger partial charge on any atom is 0.263 e. The van der Waals surface area contributed by atoms with Gasteiger partial charge in [0.15, 0.2) is 5.13 Å². The van der Waals surface area contributed by atoms with Gasteiger partial charge < -0.3 is 25.5 Å². The van der Waals surface area contributed by atoms with Gasteiger partial charge in [-0.3, -0.25) is 9.69 Å². The van der Waals surface area contributed by atoms with Gasteiger partial charge in [0.2, 0.25) is 0 Å². The Kier molecular flexibility index (Phi) is 6.72. The number of aliphatic hydroxyl groups is 1. The molecule has 0 aliphatic carbocycles. The molecule has 2 aromatic rings. The Hall–Kier alpha value is -2.34. The highest BCUT2D eigenvalue weighted by Crippen LogP contribution is 2.29. The lowest BCUT2D eigenvalue weighted by Crippen LogP contribution is -2.57. The highest BCUT2D eigenvalue weighted by Gasteiger charge is 2.35. The van der Waals surface area contributed by atoms with Gasteiger partial charge in [0.05, 0.1) is 12.8 Å². The number of piperidine rings is 3. The number of nitrogens with one attached hydrogen (secondary N) is 2. The van der Waals surface area contributed by atoms with Gasteiger partial charge in [-0.25, -0.2) is 15.0 Å². The minimum absolute atomic E-state index is 0.0420. The zero-order chi connectivity index (χ0) is 22.8. The Bertz CT molecular complexity index is 969. The van der Waals surface area contributed by atoms with Crippen molar-refractivity contribution in [3.8, 4) is 0 Å². The second-order valence-electron chi connectivity index (χ2n) is 9.08. The molecule has 0 radical (unpaired) electrons. The minimum atomic E-state index is -0.0420. The Morgan fingerprint density at radius 3 is 2.67 bits per heavy atom. The molecule has 0 aromatic carbocycles. The van der Waals surface area contributed by atoms with Crippen LogP contribution in [-0.2, 0) is 0 Å². The Morgan fingerprint density at radius 1 is 1.18 bits per heavy atom. The zero-order valence-corrected chi connectivity index (χ0v) is 19.9. The number of anilines is 3. The molecule has 0 saturated carbocycles. The first-order chi connectivity index (χ1) is 16.1. The predicted octanol–water partition coefficient (Wildman–Crippen LogP) is 0.923. The van der Waals surface area contributed by atoms with E-state index in [1.807, 2.05) is 13.0 Å². The number of aryl methyl sites for hydroxylation is 1. The second kappa shape index (κ2) is 9.88. The maximum absolute atomic E-state index is 12.8. The molecule has 10 nitrogen and oxygen atoms in total. The molecule has 33 heavy (non-hydrogen) atoms. The molecule has 4 aliphatic heterocycles. The molecule has 3 N–H and O–H groups in total. The molecular weight excluding hydrogens is 440 g/mol. The molecule has 178 valence electrons. The summed E-state index contributed by atoms with van der Waals surface area (Å²) in [6.07, 6.45) is 3.98. The van der Waals surface area contributed by atoms with Gasteiger partial charge >= 0.3 is 0 Å². The molecular formula is C22H32N8O2S. The van der Waals surface area contributed by atoms with Crippen LogP contribution in [0.15, 0.2) is 12.3 Å². The van der Waals surface area contributed by atoms with Crippen LogP contribution in [0.4, 0.5) is 16.8 Å². The highest BCUT2D eigenvalue weighted by atomic mass is 32.1. The summed E-state index contributed by atoms with van der Waals surface area (Å²) >= 11 is 1.35. The lowest BCUT2D eigenvalue weighted by atomic mass is 9.84. The van der Waals surface area contributed by atoms with Crippen LogP contribution in [0.25, 0.3) is 0 Å². The van der Waals surface area contributed by atoms with Crippen LogP contribution in [0.3, 0.4) is 0 Å². The molecule has 0 spiro atoms. The molecule has 6 rings (SSSR count). The van der Waals surface area contributed by atoms with E-state index in [0.717, 1.165) is 51.6 Å². The van der Waals surface area contributed by atoms with Crippen molar-refractivity contribution in [3.63, 3.8) is 0 Å². The zero-order valence-electron chi connectivity index (χ0n) is 19.0. The number of hydrogen-bond donors (Lipinski definition) is 3. The van der Waals surface area contributed by atoms with Gasteiger partial charge in [-0.2, -0.15) is 0 Å². The number of fused-ring (bicyclic) bond motifs is 3. The molecule has 1 amide bonds. The lowest BCUT2D eigenvalue weighted by molar-refractivity contribution is 0.0622. The number of hydrogen-bond acceptors (Lipinski definition) is 10. The van der Waals surface area contributed by atoms with E-state index in [9.17, 15) is 4.79 Å². The van der Waals surface area contributed by atoms with Crippen LogP contribution >= 0.6 is 11.3 Å². The Labute approximate surface area is 198 Å². The average Bonchev–Trinajstić information content (AvgIpc) is 3.29. The van der Waals surface area contributed by atoms with E-state index in [2.05, 4.69) is 40.3 Å². The number of amides is 1. The van der Waals surface area contributed by atoms with E-state index in [4.69, 9.17) is 5.11 Å². The average molecular weight is 473 g/mol. The van der Waals surface area contributed by atoms with Crippen molar-refractivity contribution in [2.75, 3.05) is 69.2 Å². The fraction of sp³-hybridized carbons (Fsp3) is 0.636. The third-order valence-electron chi connectivity index (χ3n) is 6.87. The van der Waals surface area contributed by atoms with E-state index in [1.54, 1.807) is 6.20 Å². The minimum Gasteiger partial charge on any atom is -0.395 e. The van der Waals surface area contributed by atoms with Crippen molar-refractivity contribution in [2.24, 2.45) is 5.92 Å². The summed E-state index contributed by atoms with van der Waals surface area (Å²) in [4.78, 5) is 33.9. The van der Waals surface area contributed by atoms with E-state index in [0.29, 0.717) is 34.1 Å². The SMILES string of the molecule is Cc1nc(Nc2ncc(C(=O)N[C@H]3CN4CCC3CC4)s2)cc(N2CCN(CCO)CC2)n1. The number of aromatic nitrogens is 3. The number of nitrogens with zero attached hydrogens (tertiary/aromatic N) is 6. The van der Waals surface area contributed by atoms with E-state index < -0.39 is 0 Å². The van der Waals surface area contributed by atoms with E-state index in [1.165, 1.54) is 24.2 Å². The second-order valence-corrected chi connectivity index (χ2v) is 10.1. The number of rotatable bonds is 7. The van der Waals surface area contributed by atoms with Crippen LogP contribution in [0.5, 0.6) is 0 Å². The number of piperazine rings is 1. The fourth-order valence-electron chi connectivity index (χ4n) is 5.03. The van der Waals surface area contributed by atoms with Crippen LogP contribution in [0.1, 0.15) is 28.3 Å². The molecule has 11 heteroatoms. The number of carbonyl (C=O) groups is 1. The number of thiazole rings is 1. The standard InChI is InChI=1S/C22H32N8O2S/c1-15-24-19(12-20(25-15)30-8-6-28(7-9-30)10-11-31)27-22-23-13-18(33-22)21(32)26-17-14-29-4-2-16(17)3-5-29/h12-13,16-17,31H,2-11,14H2,1H3,(H,26,32)(H,23,24,25,27)/t17-/m0/s1. The molecule has 2 bridgehead atoms. The fourth-order valence-corrected chi connectivity index (χ4v) is 5.76. The van der Waals surface area contributed by atoms with Gasteiger partial charge in [-0.05, 0) is 38.8 Å². The Balaban J connectivity index is 1.21. The molecule has 4 aliphatic rings. The lowest BCUT2D eigenvalue weighted by Gasteiger charge is -2.44. The summed E-state index contributed by atoms with van der Waals surface area (Å²) in [6, 6.07) is 2.17. The molecule has 2 aromatic heterocycles. The molecule has 4 fully saturated rings. The Morgan fingerprint density at radius 2 is 1.97 bits per heavy atom. The monoisotopic (exact) mass is 472 g/mol. The first-order valence-electron chi connectivity index (χ1n) is 11.8. The quantitative estimate of drug-likeness (QED) is 0.542. The van der Waals surface area contributed by atoms with Crippen molar-refractivity contribution in [3.05, 3.63) is 23.0 Å². The normalized spacial score (nSPS) is 25.3. The van der Waals surface area contributed by atoms with Gasteiger partial charge in [-0.15, -0.1) is 0 Å². The van der Waals surface area contributed by atoms with E-state index in [-0.39, 0.29) is 18.6 Å². The van der Waals surface area contributed by atoms with Crippen molar-refractivity contribution in [1.29, 1.82) is 0 Å². The van der Waals surface area contributed by atoms with Gasteiger partial charge in [0.1, 0.15) is 22.3 Å². The molecule has 0 unspecified atom stereocenters. The number of β-amino-alcohol motifs (C(OH)–C–C–N with tert-alkyl or cyclic N) is 1. The summed E-state index contributed by atoms with van der Waals surface area (Å²) in [6.45, 7) is 9.57. The first-order valence-corrected chi connectivity index (χ1v) is 12.6. The number of aliphatic hydroxyl groups excluding tert-OH is 1. The summed E-state index contributed by atoms with van der Waals surface area (Å²) in [5, 5.41) is 16.3. The van der Waals surface area contributed by atoms with Gasteiger partial charge in [0.25, 0.3) is 5.91 Å². The van der Waals surface area contributed by atoms with Gasteiger partial charge in [-0.1, -0.05) is 11.3 Å².